The summed E-state index contributed by atoms with van der Waals surface area (Å²) in [4.78, 5) is 29.6. The van der Waals surface area contributed by atoms with E-state index < -0.39 is 0 Å². The van der Waals surface area contributed by atoms with Gasteiger partial charge in [0, 0.05) is 13.1 Å². The van der Waals surface area contributed by atoms with Crippen LogP contribution in [0.1, 0.15) is 36.0 Å². The number of ether oxygens (including phenoxy) is 3. The molecule has 36 heavy (non-hydrogen) atoms. The van der Waals surface area contributed by atoms with E-state index in [0.717, 1.165) is 23.3 Å². The number of aryl methyl sites for hydroxylation is 1. The third kappa shape index (κ3) is 6.88. The van der Waals surface area contributed by atoms with Crippen LogP contribution in [0.15, 0.2) is 65.1 Å². The highest BCUT2D eigenvalue weighted by Crippen LogP contribution is 2.33. The van der Waals surface area contributed by atoms with Crippen molar-refractivity contribution >= 4 is 11.8 Å². The van der Waals surface area contributed by atoms with Crippen molar-refractivity contribution < 1.29 is 28.2 Å². The first-order chi connectivity index (χ1) is 17.5. The lowest BCUT2D eigenvalue weighted by Crippen LogP contribution is -2.44. The number of furan rings is 1. The number of hydrogen-bond acceptors (Lipinski definition) is 6. The van der Waals surface area contributed by atoms with Gasteiger partial charge in [0.05, 0.1) is 19.7 Å². The van der Waals surface area contributed by atoms with Crippen molar-refractivity contribution in [1.29, 1.82) is 0 Å². The Kier molecular flexibility index (Phi) is 8.62. The topological polar surface area (TPSA) is 81.5 Å². The third-order valence-electron chi connectivity index (χ3n) is 5.82. The van der Waals surface area contributed by atoms with Crippen LogP contribution in [0.3, 0.4) is 0 Å². The number of amides is 2. The van der Waals surface area contributed by atoms with E-state index in [1.807, 2.05) is 74.5 Å². The van der Waals surface area contributed by atoms with Gasteiger partial charge in [-0.25, -0.2) is 0 Å². The van der Waals surface area contributed by atoms with Crippen LogP contribution < -0.4 is 9.47 Å². The van der Waals surface area contributed by atoms with Crippen LogP contribution in [0.4, 0.5) is 0 Å². The highest BCUT2D eigenvalue weighted by atomic mass is 16.7. The minimum Gasteiger partial charge on any atom is -0.464 e. The van der Waals surface area contributed by atoms with Crippen molar-refractivity contribution in [2.24, 2.45) is 0 Å². The highest BCUT2D eigenvalue weighted by molar-refractivity contribution is 5.85. The monoisotopic (exact) mass is 492 g/mol. The van der Waals surface area contributed by atoms with Gasteiger partial charge in [0.2, 0.25) is 18.6 Å². The van der Waals surface area contributed by atoms with E-state index in [0.29, 0.717) is 43.5 Å². The molecule has 0 bridgehead atoms. The second-order valence-electron chi connectivity index (χ2n) is 8.74. The molecule has 190 valence electrons. The second-order valence-corrected chi connectivity index (χ2v) is 8.74. The molecule has 4 rings (SSSR count). The number of carbonyl (C=O) groups is 2. The Morgan fingerprint density at radius 3 is 2.44 bits per heavy atom. The lowest BCUT2D eigenvalue weighted by atomic mass is 10.2. The summed E-state index contributed by atoms with van der Waals surface area (Å²) in [5.41, 5.74) is 1.89. The summed E-state index contributed by atoms with van der Waals surface area (Å²) in [5.74, 6) is 2.42. The maximum atomic E-state index is 13.5. The quantitative estimate of drug-likeness (QED) is 0.375. The summed E-state index contributed by atoms with van der Waals surface area (Å²) in [6.45, 7) is 5.36. The molecule has 0 fully saturated rings. The van der Waals surface area contributed by atoms with E-state index in [9.17, 15) is 9.59 Å². The standard InChI is InChI=1S/C28H32N2O6/c1-3-13-29(28(32)19-33-18-22-7-5-4-6-8-22)17-27(31)30(16-24-11-9-21(2)36-24)15-23-10-12-25-26(14-23)35-20-34-25/h4-12,14H,3,13,15-20H2,1-2H3. The summed E-state index contributed by atoms with van der Waals surface area (Å²) < 4.78 is 22.2. The average molecular weight is 493 g/mol. The van der Waals surface area contributed by atoms with Crippen LogP contribution in [0, 0.1) is 6.92 Å². The largest absolute Gasteiger partial charge is 0.464 e. The zero-order chi connectivity index (χ0) is 25.3. The minimum absolute atomic E-state index is 0.0361. The molecule has 1 aliphatic rings. The molecule has 0 saturated heterocycles. The molecule has 0 radical (unpaired) electrons. The van der Waals surface area contributed by atoms with Gasteiger partial charge in [-0.3, -0.25) is 9.59 Å². The number of benzene rings is 2. The van der Waals surface area contributed by atoms with E-state index in [1.54, 1.807) is 9.80 Å². The van der Waals surface area contributed by atoms with Gasteiger partial charge in [-0.1, -0.05) is 43.3 Å². The van der Waals surface area contributed by atoms with Crippen LogP contribution >= 0.6 is 0 Å². The molecule has 8 nitrogen and oxygen atoms in total. The molecule has 2 aromatic carbocycles. The predicted octanol–water partition coefficient (Wildman–Crippen LogP) is 4.30. The van der Waals surface area contributed by atoms with E-state index in [-0.39, 0.29) is 31.8 Å². The number of nitrogens with zero attached hydrogens (tertiary/aromatic N) is 2. The fourth-order valence-electron chi connectivity index (χ4n) is 4.00. The maximum absolute atomic E-state index is 13.5. The first-order valence-corrected chi connectivity index (χ1v) is 12.1. The van der Waals surface area contributed by atoms with Gasteiger partial charge in [0.15, 0.2) is 11.5 Å². The summed E-state index contributed by atoms with van der Waals surface area (Å²) in [6, 6.07) is 19.0. The number of hydrogen-bond donors (Lipinski definition) is 0. The lowest BCUT2D eigenvalue weighted by molar-refractivity contribution is -0.144. The Morgan fingerprint density at radius 1 is 0.889 bits per heavy atom. The SMILES string of the molecule is CCCN(CC(=O)N(Cc1ccc2c(c1)OCO2)Cc1ccc(C)o1)C(=O)COCc1ccccc1. The van der Waals surface area contributed by atoms with E-state index in [4.69, 9.17) is 18.6 Å². The summed E-state index contributed by atoms with van der Waals surface area (Å²) in [5, 5.41) is 0. The van der Waals surface area contributed by atoms with E-state index in [2.05, 4.69) is 0 Å². The molecule has 3 aromatic rings. The molecular formula is C28H32N2O6. The predicted molar refractivity (Wildman–Crippen MR) is 133 cm³/mol. The summed E-state index contributed by atoms with van der Waals surface area (Å²) >= 11 is 0. The van der Waals surface area contributed by atoms with Gasteiger partial charge in [-0.2, -0.15) is 0 Å². The molecule has 2 heterocycles. The van der Waals surface area contributed by atoms with Gasteiger partial charge in [0.1, 0.15) is 18.1 Å². The van der Waals surface area contributed by atoms with Crippen molar-refractivity contribution in [2.75, 3.05) is 26.5 Å². The molecule has 0 saturated carbocycles. The molecule has 1 aromatic heterocycles. The number of fused-ring (bicyclic) bond motifs is 1. The maximum Gasteiger partial charge on any atom is 0.249 e. The minimum atomic E-state index is -0.210. The Balaban J connectivity index is 1.42. The smallest absolute Gasteiger partial charge is 0.249 e. The third-order valence-corrected chi connectivity index (χ3v) is 5.82. The molecule has 0 atom stereocenters. The first kappa shape index (κ1) is 25.3. The number of rotatable bonds is 12. The molecule has 1 aliphatic heterocycles. The van der Waals surface area contributed by atoms with Crippen molar-refractivity contribution in [3.05, 3.63) is 83.3 Å². The van der Waals surface area contributed by atoms with Crippen LogP contribution in [0.5, 0.6) is 11.5 Å². The molecule has 0 aliphatic carbocycles. The molecule has 0 spiro atoms. The molecule has 2 amide bonds. The van der Waals surface area contributed by atoms with E-state index >= 15 is 0 Å². The Morgan fingerprint density at radius 2 is 1.69 bits per heavy atom. The normalized spacial score (nSPS) is 11.9. The van der Waals surface area contributed by atoms with E-state index in [1.165, 1.54) is 0 Å². The summed E-state index contributed by atoms with van der Waals surface area (Å²) in [6.07, 6.45) is 0.733. The lowest BCUT2D eigenvalue weighted by Gasteiger charge is -2.27. The van der Waals surface area contributed by atoms with Gasteiger partial charge >= 0.3 is 0 Å². The zero-order valence-corrected chi connectivity index (χ0v) is 20.8. The van der Waals surface area contributed by atoms with Crippen LogP contribution in [-0.4, -0.2) is 48.1 Å². The van der Waals surface area contributed by atoms with Gasteiger partial charge in [-0.15, -0.1) is 0 Å². The second kappa shape index (κ2) is 12.3. The van der Waals surface area contributed by atoms with Gasteiger partial charge in [0.25, 0.3) is 0 Å². The van der Waals surface area contributed by atoms with Crippen molar-refractivity contribution in [1.82, 2.24) is 9.80 Å². The van der Waals surface area contributed by atoms with Crippen LogP contribution in [-0.2, 0) is 34.0 Å². The van der Waals surface area contributed by atoms with Crippen molar-refractivity contribution in [2.45, 2.75) is 40.0 Å². The molecule has 0 unspecified atom stereocenters. The Labute approximate surface area is 211 Å². The molecule has 0 N–H and O–H groups in total. The highest BCUT2D eigenvalue weighted by Gasteiger charge is 2.23. The first-order valence-electron chi connectivity index (χ1n) is 12.1. The van der Waals surface area contributed by atoms with Crippen LogP contribution in [0.25, 0.3) is 0 Å². The molecule has 8 heteroatoms. The number of carbonyl (C=O) groups excluding carboxylic acids is 2. The van der Waals surface area contributed by atoms with Gasteiger partial charge in [-0.05, 0) is 48.7 Å². The van der Waals surface area contributed by atoms with Crippen molar-refractivity contribution in [3.63, 3.8) is 0 Å². The Hall–Kier alpha value is -3.78. The average Bonchev–Trinajstić information content (AvgIpc) is 3.52. The Bertz CT molecular complexity index is 1160. The fraction of sp³-hybridized carbons (Fsp3) is 0.357. The molecular weight excluding hydrogens is 460 g/mol. The van der Waals surface area contributed by atoms with Crippen LogP contribution in [0.2, 0.25) is 0 Å². The zero-order valence-electron chi connectivity index (χ0n) is 20.8. The van der Waals surface area contributed by atoms with Gasteiger partial charge < -0.3 is 28.4 Å². The summed E-state index contributed by atoms with van der Waals surface area (Å²) in [7, 11) is 0. The fourth-order valence-corrected chi connectivity index (χ4v) is 4.00. The van der Waals surface area contributed by atoms with Crippen molar-refractivity contribution in [3.8, 4) is 11.5 Å².